The van der Waals surface area contributed by atoms with E-state index in [0.717, 1.165) is 21.4 Å². The van der Waals surface area contributed by atoms with Crippen LogP contribution in [0.5, 0.6) is 5.75 Å². The first-order chi connectivity index (χ1) is 10.3. The average molecular weight is 277 g/mol. The molecule has 104 valence electrons. The Morgan fingerprint density at radius 2 is 1.67 bits per heavy atom. The third kappa shape index (κ3) is 2.72. The zero-order chi connectivity index (χ0) is 14.7. The summed E-state index contributed by atoms with van der Waals surface area (Å²) in [6.45, 7) is 0. The Hall–Kier alpha value is -2.81. The van der Waals surface area contributed by atoms with Crippen LogP contribution in [0.2, 0.25) is 0 Å². The first kappa shape index (κ1) is 13.2. The highest BCUT2D eigenvalue weighted by atomic mass is 16.5. The van der Waals surface area contributed by atoms with Gasteiger partial charge in [0, 0.05) is 23.6 Å². The fourth-order valence-electron chi connectivity index (χ4n) is 2.22. The largest absolute Gasteiger partial charge is 0.618 e. The van der Waals surface area contributed by atoms with E-state index in [0.29, 0.717) is 11.2 Å². The topological polar surface area (TPSA) is 36.2 Å². The van der Waals surface area contributed by atoms with Crippen molar-refractivity contribution in [3.63, 3.8) is 0 Å². The standard InChI is InChI=1S/C18H15NO2/c1-21-17-12-7-14(8-13-17)6-10-16-11-9-15-4-2-3-5-18(15)19(16)20/h2-13H,1H3/b10-6-. The van der Waals surface area contributed by atoms with Crippen LogP contribution in [-0.2, 0) is 0 Å². The van der Waals surface area contributed by atoms with Gasteiger partial charge in [-0.25, -0.2) is 0 Å². The van der Waals surface area contributed by atoms with Gasteiger partial charge in [0.25, 0.3) is 0 Å². The van der Waals surface area contributed by atoms with Crippen molar-refractivity contribution in [2.45, 2.75) is 0 Å². The number of benzene rings is 2. The van der Waals surface area contributed by atoms with Crippen LogP contribution < -0.4 is 9.47 Å². The van der Waals surface area contributed by atoms with E-state index in [2.05, 4.69) is 0 Å². The molecule has 0 aliphatic heterocycles. The van der Waals surface area contributed by atoms with Crippen molar-refractivity contribution >= 4 is 23.1 Å². The Kier molecular flexibility index (Phi) is 3.56. The van der Waals surface area contributed by atoms with E-state index >= 15 is 0 Å². The maximum absolute atomic E-state index is 12.3. The van der Waals surface area contributed by atoms with Crippen LogP contribution in [0.15, 0.2) is 60.7 Å². The van der Waals surface area contributed by atoms with Crippen LogP contribution in [0, 0.1) is 5.21 Å². The predicted octanol–water partition coefficient (Wildman–Crippen LogP) is 3.65. The minimum atomic E-state index is 0.615. The summed E-state index contributed by atoms with van der Waals surface area (Å²) in [5.41, 5.74) is 2.31. The number of methoxy groups -OCH3 is 1. The SMILES string of the molecule is COc1ccc(/C=C\c2ccc3ccccc3[n+]2[O-])cc1. The predicted molar refractivity (Wildman–Crippen MR) is 84.8 cm³/mol. The molecule has 0 amide bonds. The second-order valence-electron chi connectivity index (χ2n) is 4.72. The molecule has 0 radical (unpaired) electrons. The summed E-state index contributed by atoms with van der Waals surface area (Å²) >= 11 is 0. The maximum atomic E-state index is 12.3. The molecule has 1 aromatic heterocycles. The van der Waals surface area contributed by atoms with Crippen molar-refractivity contribution in [1.82, 2.24) is 0 Å². The summed E-state index contributed by atoms with van der Waals surface area (Å²) in [6.07, 6.45) is 3.74. The second kappa shape index (κ2) is 5.67. The molecule has 2 aromatic carbocycles. The molecule has 0 atom stereocenters. The number of rotatable bonds is 3. The van der Waals surface area contributed by atoms with Crippen molar-refractivity contribution < 1.29 is 9.47 Å². The number of fused-ring (bicyclic) bond motifs is 1. The highest BCUT2D eigenvalue weighted by Crippen LogP contribution is 2.15. The number of hydrogen-bond acceptors (Lipinski definition) is 2. The highest BCUT2D eigenvalue weighted by Gasteiger charge is 2.06. The number of aromatic nitrogens is 1. The second-order valence-corrected chi connectivity index (χ2v) is 4.72. The maximum Gasteiger partial charge on any atom is 0.224 e. The van der Waals surface area contributed by atoms with E-state index in [-0.39, 0.29) is 0 Å². The molecule has 0 spiro atoms. The van der Waals surface area contributed by atoms with E-state index in [9.17, 15) is 5.21 Å². The zero-order valence-electron chi connectivity index (χ0n) is 11.7. The lowest BCUT2D eigenvalue weighted by atomic mass is 10.1. The van der Waals surface area contributed by atoms with Crippen LogP contribution in [0.1, 0.15) is 11.3 Å². The fraction of sp³-hybridized carbons (Fsp3) is 0.0556. The van der Waals surface area contributed by atoms with E-state index in [1.165, 1.54) is 0 Å². The van der Waals surface area contributed by atoms with Gasteiger partial charge < -0.3 is 9.94 Å². The van der Waals surface area contributed by atoms with Crippen molar-refractivity contribution in [1.29, 1.82) is 0 Å². The van der Waals surface area contributed by atoms with E-state index in [1.54, 1.807) is 7.11 Å². The molecule has 3 aromatic rings. The quantitative estimate of drug-likeness (QED) is 0.541. The van der Waals surface area contributed by atoms with Crippen LogP contribution >= 0.6 is 0 Å². The highest BCUT2D eigenvalue weighted by molar-refractivity contribution is 5.77. The third-order valence-corrected chi connectivity index (χ3v) is 3.39. The molecule has 0 saturated heterocycles. The fourth-order valence-corrected chi connectivity index (χ4v) is 2.22. The molecule has 1 heterocycles. The summed E-state index contributed by atoms with van der Waals surface area (Å²) in [6, 6.07) is 19.0. The normalized spacial score (nSPS) is 11.1. The molecule has 3 rings (SSSR count). The average Bonchev–Trinajstić information content (AvgIpc) is 2.55. The van der Waals surface area contributed by atoms with Crippen molar-refractivity contribution in [3.05, 3.63) is 77.1 Å². The van der Waals surface area contributed by atoms with Crippen molar-refractivity contribution in [3.8, 4) is 5.75 Å². The number of ether oxygens (including phenoxy) is 1. The Labute approximate surface area is 123 Å². The van der Waals surface area contributed by atoms with Gasteiger partial charge in [-0.15, -0.1) is 0 Å². The molecular weight excluding hydrogens is 262 g/mol. The first-order valence-corrected chi connectivity index (χ1v) is 6.71. The third-order valence-electron chi connectivity index (χ3n) is 3.39. The molecule has 3 heteroatoms. The van der Waals surface area contributed by atoms with Gasteiger partial charge in [0.2, 0.25) is 11.2 Å². The Balaban J connectivity index is 1.93. The van der Waals surface area contributed by atoms with Crippen LogP contribution in [0.4, 0.5) is 0 Å². The molecule has 21 heavy (non-hydrogen) atoms. The summed E-state index contributed by atoms with van der Waals surface area (Å²) in [7, 11) is 1.64. The molecule has 0 fully saturated rings. The number of pyridine rings is 1. The molecule has 0 aliphatic carbocycles. The van der Waals surface area contributed by atoms with Gasteiger partial charge in [-0.05, 0) is 35.9 Å². The Bertz CT molecular complexity index is 792. The molecule has 0 unspecified atom stereocenters. The van der Waals surface area contributed by atoms with Crippen LogP contribution in [0.25, 0.3) is 23.1 Å². The monoisotopic (exact) mass is 277 g/mol. The summed E-state index contributed by atoms with van der Waals surface area (Å²) in [4.78, 5) is 0. The molecule has 0 N–H and O–H groups in total. The minimum absolute atomic E-state index is 0.615. The number of hydrogen-bond donors (Lipinski definition) is 0. The molecule has 0 aliphatic rings. The molecule has 0 saturated carbocycles. The minimum Gasteiger partial charge on any atom is -0.618 e. The van der Waals surface area contributed by atoms with Gasteiger partial charge in [-0.1, -0.05) is 24.3 Å². The zero-order valence-corrected chi connectivity index (χ0v) is 11.7. The van der Waals surface area contributed by atoms with Gasteiger partial charge in [0.15, 0.2) is 0 Å². The van der Waals surface area contributed by atoms with Gasteiger partial charge in [-0.2, -0.15) is 4.73 Å². The summed E-state index contributed by atoms with van der Waals surface area (Å²) in [5.74, 6) is 0.816. The molecule has 0 bridgehead atoms. The van der Waals surface area contributed by atoms with Crippen molar-refractivity contribution in [2.24, 2.45) is 0 Å². The van der Waals surface area contributed by atoms with Crippen LogP contribution in [-0.4, -0.2) is 7.11 Å². The Morgan fingerprint density at radius 3 is 2.43 bits per heavy atom. The van der Waals surface area contributed by atoms with Gasteiger partial charge in [0.05, 0.1) is 7.11 Å². The van der Waals surface area contributed by atoms with Gasteiger partial charge >= 0.3 is 0 Å². The number of para-hydroxylation sites is 1. The lowest BCUT2D eigenvalue weighted by molar-refractivity contribution is -0.579. The van der Waals surface area contributed by atoms with Crippen LogP contribution in [0.3, 0.4) is 0 Å². The lowest BCUT2D eigenvalue weighted by Crippen LogP contribution is -2.30. The van der Waals surface area contributed by atoms with E-state index < -0.39 is 0 Å². The molecule has 3 nitrogen and oxygen atoms in total. The molecular formula is C18H15NO2. The van der Waals surface area contributed by atoms with Gasteiger partial charge in [0.1, 0.15) is 5.75 Å². The summed E-state index contributed by atoms with van der Waals surface area (Å²) < 4.78 is 6.07. The first-order valence-electron chi connectivity index (χ1n) is 6.71. The van der Waals surface area contributed by atoms with E-state index in [4.69, 9.17) is 4.74 Å². The smallest absolute Gasteiger partial charge is 0.224 e. The lowest BCUT2D eigenvalue weighted by Gasteiger charge is -2.04. The number of nitrogens with zero attached hydrogens (tertiary/aromatic N) is 1. The van der Waals surface area contributed by atoms with Gasteiger partial charge in [-0.3, -0.25) is 0 Å². The Morgan fingerprint density at radius 1 is 0.905 bits per heavy atom. The summed E-state index contributed by atoms with van der Waals surface area (Å²) in [5, 5.41) is 13.2. The van der Waals surface area contributed by atoms with Crippen molar-refractivity contribution in [2.75, 3.05) is 7.11 Å². The van der Waals surface area contributed by atoms with E-state index in [1.807, 2.05) is 72.8 Å².